The minimum Gasteiger partial charge on any atom is -0.382 e. The van der Waals surface area contributed by atoms with Gasteiger partial charge in [0.05, 0.1) is 1.37 Å². The molecule has 0 aromatic heterocycles. The van der Waals surface area contributed by atoms with Gasteiger partial charge in [-0.05, 0) is 80.5 Å². The Balaban J connectivity index is 1.81. The summed E-state index contributed by atoms with van der Waals surface area (Å²) in [5.74, 6) is -3.67. The molecule has 4 aliphatic rings. The highest BCUT2D eigenvalue weighted by Gasteiger charge is 2.66. The maximum Gasteiger partial charge on any atom is 0.161 e. The first-order chi connectivity index (χ1) is 14.3. The van der Waals surface area contributed by atoms with Crippen molar-refractivity contribution in [2.24, 2.45) is 34.5 Å². The summed E-state index contributed by atoms with van der Waals surface area (Å²) in [6, 6.07) is -0.381. The van der Waals surface area contributed by atoms with Gasteiger partial charge in [-0.1, -0.05) is 26.3 Å². The number of hydrogen-bond acceptors (Lipinski definition) is 3. The van der Waals surface area contributed by atoms with E-state index in [1.807, 2.05) is 6.92 Å². The second kappa shape index (κ2) is 5.28. The molecule has 0 amide bonds. The van der Waals surface area contributed by atoms with Crippen LogP contribution in [0.2, 0.25) is 0 Å². The average molecular weight is 352 g/mol. The Morgan fingerprint density at radius 3 is 2.80 bits per heavy atom. The van der Waals surface area contributed by atoms with Gasteiger partial charge in [-0.15, -0.1) is 0 Å². The molecule has 4 rings (SSSR count). The van der Waals surface area contributed by atoms with Gasteiger partial charge in [-0.2, -0.15) is 0 Å². The number of fused-ring (bicyclic) bond motifs is 5. The van der Waals surface area contributed by atoms with Crippen LogP contribution in [0.1, 0.15) is 82.1 Å². The van der Waals surface area contributed by atoms with Crippen molar-refractivity contribution in [3.8, 4) is 0 Å². The molecule has 0 heterocycles. The summed E-state index contributed by atoms with van der Waals surface area (Å²) >= 11 is 0. The van der Waals surface area contributed by atoms with Crippen LogP contribution in [0.3, 0.4) is 0 Å². The van der Waals surface area contributed by atoms with E-state index >= 15 is 0 Å². The molecule has 5 unspecified atom stereocenters. The molecule has 0 saturated heterocycles. The van der Waals surface area contributed by atoms with Gasteiger partial charge in [-0.3, -0.25) is 9.59 Å². The van der Waals surface area contributed by atoms with Crippen molar-refractivity contribution in [2.75, 3.05) is 0 Å². The molecule has 3 nitrogen and oxygen atoms in total. The summed E-state index contributed by atoms with van der Waals surface area (Å²) < 4.78 is 56.9. The molecule has 0 bridgehead atoms. The molecular formula is C22H32O3. The van der Waals surface area contributed by atoms with Crippen LogP contribution in [0.4, 0.5) is 0 Å². The predicted molar refractivity (Wildman–Crippen MR) is 96.9 cm³/mol. The molecule has 3 heteroatoms. The van der Waals surface area contributed by atoms with Crippen LogP contribution < -0.4 is 0 Å². The van der Waals surface area contributed by atoms with E-state index in [0.717, 1.165) is 0 Å². The van der Waals surface area contributed by atoms with Gasteiger partial charge in [-0.25, -0.2) is 0 Å². The van der Waals surface area contributed by atoms with Crippen molar-refractivity contribution >= 4 is 11.6 Å². The molecule has 3 fully saturated rings. The summed E-state index contributed by atoms with van der Waals surface area (Å²) in [5.41, 5.74) is -3.35. The molecule has 0 aromatic carbocycles. The van der Waals surface area contributed by atoms with E-state index in [1.54, 1.807) is 13.8 Å². The molecule has 0 aromatic rings. The van der Waals surface area contributed by atoms with Gasteiger partial charge in [0.2, 0.25) is 0 Å². The Hall–Kier alpha value is -0.960. The number of carbonyl (C=O) groups is 2. The lowest BCUT2D eigenvalue weighted by Crippen LogP contribution is -2.57. The van der Waals surface area contributed by atoms with E-state index in [2.05, 4.69) is 0 Å². The lowest BCUT2D eigenvalue weighted by molar-refractivity contribution is -0.161. The van der Waals surface area contributed by atoms with Crippen molar-refractivity contribution in [1.82, 2.24) is 0 Å². The summed E-state index contributed by atoms with van der Waals surface area (Å²) in [4.78, 5) is 25.4. The molecule has 3 saturated carbocycles. The fourth-order valence-electron chi connectivity index (χ4n) is 6.77. The van der Waals surface area contributed by atoms with Gasteiger partial charge < -0.3 is 5.11 Å². The second-order valence-corrected chi connectivity index (χ2v) is 9.15. The largest absolute Gasteiger partial charge is 0.382 e. The van der Waals surface area contributed by atoms with Gasteiger partial charge in [0.25, 0.3) is 0 Å². The van der Waals surface area contributed by atoms with Crippen LogP contribution in [0.5, 0.6) is 0 Å². The lowest BCUT2D eigenvalue weighted by Gasteiger charge is -2.60. The standard InChI is InChI=1S/C22H32O3/c1-13-11-16-17(20(3)8-5-15(24)12-19(13)20)6-9-21(4)18(16)7-10-22(21,25)14(2)23/h12-13,16-18,25H,5-11H2,1-4H3/t13-,16?,17?,18?,20?,21?,22-/m0/s1/i2D3,5D2,12D,13D. The number of rotatable bonds is 1. The van der Waals surface area contributed by atoms with Crippen molar-refractivity contribution in [3.63, 3.8) is 0 Å². The Morgan fingerprint density at radius 2 is 2.08 bits per heavy atom. The number of hydrogen-bond donors (Lipinski definition) is 1. The highest BCUT2D eigenvalue weighted by Crippen LogP contribution is 2.68. The molecular weight excluding hydrogens is 312 g/mol. The molecule has 1 N–H and O–H groups in total. The highest BCUT2D eigenvalue weighted by atomic mass is 16.3. The number of carbonyl (C=O) groups excluding carboxylic acids is 2. The van der Waals surface area contributed by atoms with E-state index in [4.69, 9.17) is 9.60 Å². The summed E-state index contributed by atoms with van der Waals surface area (Å²) in [5, 5.41) is 11.4. The van der Waals surface area contributed by atoms with Gasteiger partial charge in [0, 0.05) is 20.0 Å². The van der Waals surface area contributed by atoms with Gasteiger partial charge in [0.1, 0.15) is 5.60 Å². The molecule has 0 radical (unpaired) electrons. The van der Waals surface area contributed by atoms with Crippen LogP contribution in [0.15, 0.2) is 11.6 Å². The van der Waals surface area contributed by atoms with E-state index < -0.39 is 47.1 Å². The maximum absolute atomic E-state index is 12.8. The van der Waals surface area contributed by atoms with Gasteiger partial charge >= 0.3 is 0 Å². The molecule has 7 atom stereocenters. The van der Waals surface area contributed by atoms with Gasteiger partial charge in [0.15, 0.2) is 11.6 Å². The maximum atomic E-state index is 12.8. The monoisotopic (exact) mass is 351 g/mol. The molecule has 0 aliphatic heterocycles. The Kier molecular flexibility index (Phi) is 2.33. The molecule has 138 valence electrons. The highest BCUT2D eigenvalue weighted by molar-refractivity contribution is 5.91. The summed E-state index contributed by atoms with van der Waals surface area (Å²) in [6.07, 6.45) is -0.497. The van der Waals surface area contributed by atoms with Crippen LogP contribution in [-0.2, 0) is 9.59 Å². The minimum absolute atomic E-state index is 0.0613. The van der Waals surface area contributed by atoms with Crippen molar-refractivity contribution in [2.45, 2.75) is 78.1 Å². The first-order valence-electron chi connectivity index (χ1n) is 12.9. The number of aliphatic hydroxyl groups is 1. The zero-order chi connectivity index (χ0) is 24.3. The molecule has 0 spiro atoms. The Morgan fingerprint density at radius 1 is 1.36 bits per heavy atom. The van der Waals surface area contributed by atoms with Crippen LogP contribution in [0, 0.1) is 34.5 Å². The third-order valence-electron chi connectivity index (χ3n) is 8.18. The second-order valence-electron chi connectivity index (χ2n) is 9.15. The Labute approximate surface area is 161 Å². The zero-order valence-electron chi connectivity index (χ0n) is 22.2. The fraction of sp³-hybridized carbons (Fsp3) is 0.818. The topological polar surface area (TPSA) is 54.4 Å². The minimum atomic E-state index is -2.90. The van der Waals surface area contributed by atoms with E-state index in [-0.39, 0.29) is 36.6 Å². The van der Waals surface area contributed by atoms with Crippen LogP contribution in [0.25, 0.3) is 0 Å². The summed E-state index contributed by atoms with van der Waals surface area (Å²) in [6.45, 7) is 2.42. The fourth-order valence-corrected chi connectivity index (χ4v) is 6.77. The quantitative estimate of drug-likeness (QED) is 0.774. The number of ketones is 2. The first kappa shape index (κ1) is 11.0. The average Bonchev–Trinajstić information content (AvgIpc) is 2.89. The third kappa shape index (κ3) is 2.08. The van der Waals surface area contributed by atoms with E-state index in [9.17, 15) is 14.7 Å². The smallest absolute Gasteiger partial charge is 0.161 e. The SMILES string of the molecule is [2H]C1=C2C(C)(CC([2H])([2H])C1=O)C1CCC3(C)C(CC[C@]3(O)C(=O)C([2H])([2H])[2H])C1C[C@]2([2H])C. The lowest BCUT2D eigenvalue weighted by atomic mass is 9.45. The van der Waals surface area contributed by atoms with Crippen molar-refractivity contribution in [1.29, 1.82) is 0 Å². The number of Topliss-reactive ketones (excluding diaryl/α,β-unsaturated/α-hetero) is 1. The van der Waals surface area contributed by atoms with Crippen molar-refractivity contribution in [3.05, 3.63) is 11.6 Å². The number of allylic oxidation sites excluding steroid dienone is 1. The van der Waals surface area contributed by atoms with Crippen molar-refractivity contribution < 1.29 is 24.3 Å². The normalized spacial score (nSPS) is 62.0. The summed E-state index contributed by atoms with van der Waals surface area (Å²) in [7, 11) is 0. The van der Waals surface area contributed by atoms with Crippen LogP contribution >= 0.6 is 0 Å². The van der Waals surface area contributed by atoms with Crippen LogP contribution in [-0.4, -0.2) is 22.3 Å². The van der Waals surface area contributed by atoms with E-state index in [1.165, 1.54) is 0 Å². The molecule has 4 aliphatic carbocycles. The Bertz CT molecular complexity index is 923. The van der Waals surface area contributed by atoms with E-state index in [0.29, 0.717) is 31.3 Å². The zero-order valence-corrected chi connectivity index (χ0v) is 15.2. The predicted octanol–water partition coefficient (Wildman–Crippen LogP) is 4.08. The molecule has 25 heavy (non-hydrogen) atoms. The first-order valence-corrected chi connectivity index (χ1v) is 9.37. The third-order valence-corrected chi connectivity index (χ3v) is 8.18.